The van der Waals surface area contributed by atoms with Gasteiger partial charge in [0.1, 0.15) is 0 Å². The van der Waals surface area contributed by atoms with Gasteiger partial charge in [-0.2, -0.15) is 0 Å². The lowest BCUT2D eigenvalue weighted by molar-refractivity contribution is -0.0434. The summed E-state index contributed by atoms with van der Waals surface area (Å²) in [6, 6.07) is 0. The molecule has 2 atom stereocenters. The van der Waals surface area contributed by atoms with Crippen molar-refractivity contribution < 1.29 is 10.2 Å². The summed E-state index contributed by atoms with van der Waals surface area (Å²) in [5.41, 5.74) is -0.893. The van der Waals surface area contributed by atoms with Gasteiger partial charge in [0.15, 0.2) is 0 Å². The van der Waals surface area contributed by atoms with Crippen LogP contribution in [-0.4, -0.2) is 22.4 Å². The van der Waals surface area contributed by atoms with Crippen molar-refractivity contribution in [2.75, 3.05) is 6.61 Å². The van der Waals surface area contributed by atoms with E-state index in [-0.39, 0.29) is 12.5 Å². The Morgan fingerprint density at radius 2 is 2.00 bits per heavy atom. The molecular weight excluding hydrogens is 128 g/mol. The van der Waals surface area contributed by atoms with Crippen molar-refractivity contribution >= 4 is 0 Å². The van der Waals surface area contributed by atoms with Gasteiger partial charge in [-0.3, -0.25) is 0 Å². The lowest BCUT2D eigenvalue weighted by Crippen LogP contribution is -2.36. The minimum Gasteiger partial charge on any atom is -0.393 e. The predicted molar refractivity (Wildman–Crippen MR) is 41.8 cm³/mol. The lowest BCUT2D eigenvalue weighted by Gasteiger charge is -2.27. The monoisotopic (exact) mass is 146 g/mol. The van der Waals surface area contributed by atoms with Gasteiger partial charge in [-0.25, -0.2) is 0 Å². The molecule has 0 saturated heterocycles. The first-order valence-corrected chi connectivity index (χ1v) is 3.87. The van der Waals surface area contributed by atoms with Gasteiger partial charge in [-0.05, 0) is 19.3 Å². The molecule has 0 aromatic carbocycles. The molecular formula is C8H18O2. The average Bonchev–Trinajstić information content (AvgIpc) is 1.89. The molecule has 0 aromatic heterocycles. The van der Waals surface area contributed by atoms with Crippen molar-refractivity contribution in [3.63, 3.8) is 0 Å². The van der Waals surface area contributed by atoms with Crippen LogP contribution in [0.1, 0.15) is 33.6 Å². The third-order valence-corrected chi connectivity index (χ3v) is 2.10. The molecule has 0 aliphatic rings. The van der Waals surface area contributed by atoms with E-state index < -0.39 is 5.60 Å². The molecule has 62 valence electrons. The molecule has 2 N–H and O–H groups in total. The summed E-state index contributed by atoms with van der Waals surface area (Å²) in [4.78, 5) is 0. The molecule has 0 bridgehead atoms. The second-order valence-electron chi connectivity index (χ2n) is 3.21. The topological polar surface area (TPSA) is 40.5 Å². The SMILES string of the molecule is CCCC(C)C(C)(O)CO. The van der Waals surface area contributed by atoms with E-state index in [1.54, 1.807) is 6.92 Å². The van der Waals surface area contributed by atoms with Gasteiger partial charge < -0.3 is 10.2 Å². The van der Waals surface area contributed by atoms with E-state index in [1.165, 1.54) is 0 Å². The van der Waals surface area contributed by atoms with Crippen LogP contribution in [0.4, 0.5) is 0 Å². The number of aliphatic hydroxyl groups is 2. The first kappa shape index (κ1) is 9.92. The Kier molecular flexibility index (Phi) is 3.91. The van der Waals surface area contributed by atoms with Gasteiger partial charge in [-0.15, -0.1) is 0 Å². The highest BCUT2D eigenvalue weighted by Gasteiger charge is 2.25. The van der Waals surface area contributed by atoms with E-state index in [0.717, 1.165) is 12.8 Å². The van der Waals surface area contributed by atoms with Crippen LogP contribution in [0.25, 0.3) is 0 Å². The maximum Gasteiger partial charge on any atom is 0.0874 e. The van der Waals surface area contributed by atoms with Crippen LogP contribution in [0.15, 0.2) is 0 Å². The van der Waals surface area contributed by atoms with Gasteiger partial charge in [0, 0.05) is 0 Å². The minimum absolute atomic E-state index is 0.145. The smallest absolute Gasteiger partial charge is 0.0874 e. The van der Waals surface area contributed by atoms with Gasteiger partial charge in [-0.1, -0.05) is 20.3 Å². The Morgan fingerprint density at radius 1 is 1.50 bits per heavy atom. The number of hydrogen-bond donors (Lipinski definition) is 2. The van der Waals surface area contributed by atoms with Crippen molar-refractivity contribution in [2.45, 2.75) is 39.2 Å². The van der Waals surface area contributed by atoms with Crippen LogP contribution >= 0.6 is 0 Å². The highest BCUT2D eigenvalue weighted by atomic mass is 16.3. The van der Waals surface area contributed by atoms with Crippen LogP contribution in [0.3, 0.4) is 0 Å². The van der Waals surface area contributed by atoms with Crippen molar-refractivity contribution in [3.05, 3.63) is 0 Å². The van der Waals surface area contributed by atoms with Gasteiger partial charge in [0.05, 0.1) is 12.2 Å². The largest absolute Gasteiger partial charge is 0.393 e. The first-order chi connectivity index (χ1) is 4.54. The maximum atomic E-state index is 9.47. The molecule has 2 heteroatoms. The average molecular weight is 146 g/mol. The highest BCUT2D eigenvalue weighted by molar-refractivity contribution is 4.77. The molecule has 0 rings (SSSR count). The molecule has 0 amide bonds. The third-order valence-electron chi connectivity index (χ3n) is 2.10. The van der Waals surface area contributed by atoms with Crippen molar-refractivity contribution in [2.24, 2.45) is 5.92 Å². The summed E-state index contributed by atoms with van der Waals surface area (Å²) < 4.78 is 0. The molecule has 0 spiro atoms. The lowest BCUT2D eigenvalue weighted by atomic mass is 9.88. The van der Waals surface area contributed by atoms with E-state index in [4.69, 9.17) is 5.11 Å². The fourth-order valence-electron chi connectivity index (χ4n) is 0.900. The van der Waals surface area contributed by atoms with Crippen LogP contribution in [0.5, 0.6) is 0 Å². The van der Waals surface area contributed by atoms with Crippen molar-refractivity contribution in [3.8, 4) is 0 Å². The Hall–Kier alpha value is -0.0800. The maximum absolute atomic E-state index is 9.47. The summed E-state index contributed by atoms with van der Waals surface area (Å²) in [5, 5.41) is 18.2. The summed E-state index contributed by atoms with van der Waals surface area (Å²) in [6.45, 7) is 5.56. The standard InChI is InChI=1S/C8H18O2/c1-4-5-7(2)8(3,10)6-9/h7,9-10H,4-6H2,1-3H3. The van der Waals surface area contributed by atoms with Gasteiger partial charge >= 0.3 is 0 Å². The second-order valence-corrected chi connectivity index (χ2v) is 3.21. The fourth-order valence-corrected chi connectivity index (χ4v) is 0.900. The zero-order chi connectivity index (χ0) is 8.20. The number of rotatable bonds is 4. The molecule has 0 radical (unpaired) electrons. The first-order valence-electron chi connectivity index (χ1n) is 3.87. The Morgan fingerprint density at radius 3 is 2.30 bits per heavy atom. The van der Waals surface area contributed by atoms with Crippen molar-refractivity contribution in [1.82, 2.24) is 0 Å². The normalized spacial score (nSPS) is 20.1. The zero-order valence-electron chi connectivity index (χ0n) is 7.09. The molecule has 10 heavy (non-hydrogen) atoms. The fraction of sp³-hybridized carbons (Fsp3) is 1.00. The van der Waals surface area contributed by atoms with E-state index in [0.29, 0.717) is 0 Å². The number of aliphatic hydroxyl groups excluding tert-OH is 1. The zero-order valence-corrected chi connectivity index (χ0v) is 7.09. The van der Waals surface area contributed by atoms with Crippen LogP contribution in [0.2, 0.25) is 0 Å². The van der Waals surface area contributed by atoms with E-state index in [1.807, 2.05) is 6.92 Å². The molecule has 0 aliphatic carbocycles. The molecule has 0 fully saturated rings. The van der Waals surface area contributed by atoms with Crippen LogP contribution in [0, 0.1) is 5.92 Å². The Bertz CT molecular complexity index is 89.3. The predicted octanol–water partition coefficient (Wildman–Crippen LogP) is 1.17. The van der Waals surface area contributed by atoms with E-state index in [2.05, 4.69) is 6.92 Å². The van der Waals surface area contributed by atoms with Gasteiger partial charge in [0.2, 0.25) is 0 Å². The van der Waals surface area contributed by atoms with E-state index in [9.17, 15) is 5.11 Å². The minimum atomic E-state index is -0.893. The van der Waals surface area contributed by atoms with Crippen molar-refractivity contribution in [1.29, 1.82) is 0 Å². The molecule has 2 unspecified atom stereocenters. The Labute approximate surface area is 62.9 Å². The summed E-state index contributed by atoms with van der Waals surface area (Å²) in [7, 11) is 0. The molecule has 0 aromatic rings. The molecule has 2 nitrogen and oxygen atoms in total. The highest BCUT2D eigenvalue weighted by Crippen LogP contribution is 2.20. The summed E-state index contributed by atoms with van der Waals surface area (Å²) in [5.74, 6) is 0.183. The second kappa shape index (κ2) is 3.94. The Balaban J connectivity index is 3.78. The van der Waals surface area contributed by atoms with E-state index >= 15 is 0 Å². The van der Waals surface area contributed by atoms with Crippen LogP contribution in [-0.2, 0) is 0 Å². The van der Waals surface area contributed by atoms with Crippen LogP contribution < -0.4 is 0 Å². The summed E-state index contributed by atoms with van der Waals surface area (Å²) >= 11 is 0. The summed E-state index contributed by atoms with van der Waals surface area (Å²) in [6.07, 6.45) is 2.02. The molecule has 0 saturated carbocycles. The molecule has 0 heterocycles. The number of hydrogen-bond acceptors (Lipinski definition) is 2. The quantitative estimate of drug-likeness (QED) is 0.625. The molecule has 0 aliphatic heterocycles. The van der Waals surface area contributed by atoms with Gasteiger partial charge in [0.25, 0.3) is 0 Å². The third kappa shape index (κ3) is 2.67.